The van der Waals surface area contributed by atoms with Gasteiger partial charge in [0.2, 0.25) is 0 Å². The third-order valence-corrected chi connectivity index (χ3v) is 3.74. The Kier molecular flexibility index (Phi) is 4.35. The average molecular weight is 316 g/mol. The van der Waals surface area contributed by atoms with Crippen molar-refractivity contribution in [2.24, 2.45) is 0 Å². The van der Waals surface area contributed by atoms with Crippen LogP contribution >= 0.6 is 15.9 Å². The molecule has 1 fully saturated rings. The number of alkyl halides is 1. The number of carbonyl (C=O) groups is 1. The van der Waals surface area contributed by atoms with E-state index in [1.807, 2.05) is 0 Å². The van der Waals surface area contributed by atoms with Gasteiger partial charge in [0.05, 0.1) is 18.3 Å². The highest BCUT2D eigenvalue weighted by Crippen LogP contribution is 2.16. The molecule has 1 aromatic rings. The predicted molar refractivity (Wildman–Crippen MR) is 70.6 cm³/mol. The Morgan fingerprint density at radius 3 is 3.11 bits per heavy atom. The molecule has 2 rings (SSSR count). The largest absolute Gasteiger partial charge is 0.374 e. The Morgan fingerprint density at radius 2 is 2.39 bits per heavy atom. The summed E-state index contributed by atoms with van der Waals surface area (Å²) in [4.78, 5) is 13.9. The van der Waals surface area contributed by atoms with Gasteiger partial charge in [-0.05, 0) is 18.6 Å². The highest BCUT2D eigenvalue weighted by atomic mass is 79.9. The minimum Gasteiger partial charge on any atom is -0.374 e. The van der Waals surface area contributed by atoms with Crippen LogP contribution in [0.15, 0.2) is 18.2 Å². The van der Waals surface area contributed by atoms with Crippen LogP contribution in [0.25, 0.3) is 0 Å². The number of carbonyl (C=O) groups excluding carboxylic acids is 1. The molecule has 3 nitrogen and oxygen atoms in total. The quantitative estimate of drug-likeness (QED) is 0.784. The number of aryl methyl sites for hydroxylation is 1. The standard InChI is InChI=1S/C13H15BrFNO2/c1-9-3-2-4-11(12(9)15)13(17)16-5-6-18-10(7-14)8-16/h2-4,10H,5-8H2,1H3. The first-order valence-corrected chi connectivity index (χ1v) is 6.97. The van der Waals surface area contributed by atoms with Gasteiger partial charge in [-0.3, -0.25) is 4.79 Å². The number of rotatable bonds is 2. The molecule has 1 aromatic carbocycles. The maximum absolute atomic E-state index is 13.9. The molecule has 0 spiro atoms. The lowest BCUT2D eigenvalue weighted by Crippen LogP contribution is -2.46. The molecule has 0 aromatic heterocycles. The van der Waals surface area contributed by atoms with Gasteiger partial charge < -0.3 is 9.64 Å². The Morgan fingerprint density at radius 1 is 1.61 bits per heavy atom. The van der Waals surface area contributed by atoms with Gasteiger partial charge in [0.25, 0.3) is 5.91 Å². The molecule has 1 heterocycles. The molecular weight excluding hydrogens is 301 g/mol. The predicted octanol–water partition coefficient (Wildman–Crippen LogP) is 2.37. The maximum Gasteiger partial charge on any atom is 0.257 e. The topological polar surface area (TPSA) is 29.5 Å². The van der Waals surface area contributed by atoms with Gasteiger partial charge in [-0.2, -0.15) is 0 Å². The molecule has 1 atom stereocenters. The molecule has 5 heteroatoms. The minimum atomic E-state index is -0.426. The zero-order chi connectivity index (χ0) is 13.1. The number of morpholine rings is 1. The number of benzene rings is 1. The second-order valence-electron chi connectivity index (χ2n) is 4.33. The van der Waals surface area contributed by atoms with E-state index in [1.54, 1.807) is 24.0 Å². The molecule has 1 unspecified atom stereocenters. The van der Waals surface area contributed by atoms with Crippen molar-refractivity contribution in [2.45, 2.75) is 13.0 Å². The minimum absolute atomic E-state index is 0.0180. The Bertz CT molecular complexity index is 453. The SMILES string of the molecule is Cc1cccc(C(=O)N2CCOC(CBr)C2)c1F. The summed E-state index contributed by atoms with van der Waals surface area (Å²) >= 11 is 3.33. The summed E-state index contributed by atoms with van der Waals surface area (Å²) in [6.07, 6.45) is -0.0180. The lowest BCUT2D eigenvalue weighted by atomic mass is 10.1. The second kappa shape index (κ2) is 5.80. The van der Waals surface area contributed by atoms with Gasteiger partial charge in [0.15, 0.2) is 0 Å². The van der Waals surface area contributed by atoms with Gasteiger partial charge in [-0.25, -0.2) is 4.39 Å². The van der Waals surface area contributed by atoms with Crippen molar-refractivity contribution in [3.8, 4) is 0 Å². The summed E-state index contributed by atoms with van der Waals surface area (Å²) in [6, 6.07) is 4.89. The van der Waals surface area contributed by atoms with Crippen LogP contribution in [-0.2, 0) is 4.74 Å². The number of nitrogens with zero attached hydrogens (tertiary/aromatic N) is 1. The molecule has 1 aliphatic heterocycles. The number of ether oxygens (including phenoxy) is 1. The molecule has 0 aliphatic carbocycles. The van der Waals surface area contributed by atoms with Crippen LogP contribution in [0.4, 0.5) is 4.39 Å². The molecular formula is C13H15BrFNO2. The van der Waals surface area contributed by atoms with E-state index >= 15 is 0 Å². The van der Waals surface area contributed by atoms with E-state index in [9.17, 15) is 9.18 Å². The van der Waals surface area contributed by atoms with Crippen molar-refractivity contribution < 1.29 is 13.9 Å². The number of hydrogen-bond donors (Lipinski definition) is 0. The van der Waals surface area contributed by atoms with Crippen molar-refractivity contribution in [1.82, 2.24) is 4.90 Å². The van der Waals surface area contributed by atoms with Gasteiger partial charge >= 0.3 is 0 Å². The molecule has 1 aliphatic rings. The molecule has 18 heavy (non-hydrogen) atoms. The smallest absolute Gasteiger partial charge is 0.257 e. The Balaban J connectivity index is 2.18. The normalized spacial score (nSPS) is 19.9. The third kappa shape index (κ3) is 2.72. The number of halogens is 2. The number of amides is 1. The van der Waals surface area contributed by atoms with Crippen molar-refractivity contribution in [3.05, 3.63) is 35.1 Å². The number of hydrogen-bond acceptors (Lipinski definition) is 2. The van der Waals surface area contributed by atoms with Crippen molar-refractivity contribution in [1.29, 1.82) is 0 Å². The molecule has 0 N–H and O–H groups in total. The van der Waals surface area contributed by atoms with Crippen LogP contribution in [-0.4, -0.2) is 41.9 Å². The van der Waals surface area contributed by atoms with Crippen molar-refractivity contribution in [3.63, 3.8) is 0 Å². The molecule has 1 saturated heterocycles. The monoisotopic (exact) mass is 315 g/mol. The van der Waals surface area contributed by atoms with Crippen LogP contribution in [0.1, 0.15) is 15.9 Å². The molecule has 98 valence electrons. The van der Waals surface area contributed by atoms with Gasteiger partial charge in [0.1, 0.15) is 5.82 Å². The van der Waals surface area contributed by atoms with Crippen LogP contribution in [0, 0.1) is 12.7 Å². The van der Waals surface area contributed by atoms with E-state index in [2.05, 4.69) is 15.9 Å². The van der Waals surface area contributed by atoms with Crippen LogP contribution in [0.3, 0.4) is 0 Å². The average Bonchev–Trinajstić information content (AvgIpc) is 2.41. The highest BCUT2D eigenvalue weighted by Gasteiger charge is 2.26. The van der Waals surface area contributed by atoms with E-state index in [-0.39, 0.29) is 17.6 Å². The summed E-state index contributed by atoms with van der Waals surface area (Å²) in [5.74, 6) is -0.685. The highest BCUT2D eigenvalue weighted by molar-refractivity contribution is 9.09. The van der Waals surface area contributed by atoms with Crippen LogP contribution < -0.4 is 0 Å². The second-order valence-corrected chi connectivity index (χ2v) is 4.98. The van der Waals surface area contributed by atoms with E-state index in [0.29, 0.717) is 30.6 Å². The van der Waals surface area contributed by atoms with Crippen LogP contribution in [0.2, 0.25) is 0 Å². The van der Waals surface area contributed by atoms with E-state index in [4.69, 9.17) is 4.74 Å². The zero-order valence-corrected chi connectivity index (χ0v) is 11.7. The maximum atomic E-state index is 13.9. The zero-order valence-electron chi connectivity index (χ0n) is 10.2. The lowest BCUT2D eigenvalue weighted by molar-refractivity contribution is -0.00982. The summed E-state index contributed by atoms with van der Waals surface area (Å²) in [6.45, 7) is 3.16. The Labute approximate surface area is 114 Å². The van der Waals surface area contributed by atoms with Crippen molar-refractivity contribution >= 4 is 21.8 Å². The first-order valence-electron chi connectivity index (χ1n) is 5.85. The van der Waals surface area contributed by atoms with E-state index in [0.717, 1.165) is 0 Å². The van der Waals surface area contributed by atoms with Crippen molar-refractivity contribution in [2.75, 3.05) is 25.0 Å². The molecule has 0 saturated carbocycles. The van der Waals surface area contributed by atoms with Gasteiger partial charge in [0, 0.05) is 18.4 Å². The molecule has 0 bridgehead atoms. The van der Waals surface area contributed by atoms with Gasteiger partial charge in [-0.15, -0.1) is 0 Å². The summed E-state index contributed by atoms with van der Waals surface area (Å²) < 4.78 is 19.4. The fourth-order valence-corrected chi connectivity index (χ4v) is 2.37. The van der Waals surface area contributed by atoms with Crippen LogP contribution in [0.5, 0.6) is 0 Å². The van der Waals surface area contributed by atoms with E-state index in [1.165, 1.54) is 6.07 Å². The molecule has 1 amide bonds. The first kappa shape index (κ1) is 13.5. The van der Waals surface area contributed by atoms with Gasteiger partial charge in [-0.1, -0.05) is 28.1 Å². The fraction of sp³-hybridized carbons (Fsp3) is 0.462. The lowest BCUT2D eigenvalue weighted by Gasteiger charge is -2.32. The summed E-state index contributed by atoms with van der Waals surface area (Å²) in [5.41, 5.74) is 0.636. The Hall–Kier alpha value is -0.940. The van der Waals surface area contributed by atoms with E-state index < -0.39 is 5.82 Å². The summed E-state index contributed by atoms with van der Waals surface area (Å²) in [5, 5.41) is 0.674. The third-order valence-electron chi connectivity index (χ3n) is 3.02. The summed E-state index contributed by atoms with van der Waals surface area (Å²) in [7, 11) is 0. The fourth-order valence-electron chi connectivity index (χ4n) is 1.98. The first-order chi connectivity index (χ1) is 8.63. The molecule has 0 radical (unpaired) electrons.